The first kappa shape index (κ1) is 17.3. The largest absolute Gasteiger partial charge is 0.785 e. The zero-order valence-electron chi connectivity index (χ0n) is 11.6. The number of rotatable bonds is 11. The molecule has 1 atom stereocenters. The van der Waals surface area contributed by atoms with Gasteiger partial charge in [-0.1, -0.05) is 26.2 Å². The molecular formula is C12H26N3O3-. The number of quaternary nitrogens is 1. The lowest BCUT2D eigenvalue weighted by atomic mass is 10.1. The van der Waals surface area contributed by atoms with Gasteiger partial charge in [-0.3, -0.25) is 4.79 Å². The quantitative estimate of drug-likeness (QED) is 0.343. The highest BCUT2D eigenvalue weighted by atomic mass is 16.5. The van der Waals surface area contributed by atoms with E-state index in [1.807, 2.05) is 0 Å². The third-order valence-electron chi connectivity index (χ3n) is 2.94. The van der Waals surface area contributed by atoms with Crippen LogP contribution in [0.2, 0.25) is 0 Å². The summed E-state index contributed by atoms with van der Waals surface area (Å²) in [5.41, 5.74) is 5.09. The summed E-state index contributed by atoms with van der Waals surface area (Å²) in [5.74, 6) is -0.605. The number of nitrogens with two attached hydrogens (primary N) is 1. The first-order valence-corrected chi connectivity index (χ1v) is 6.63. The number of carbonyl (C=O) groups is 1. The van der Waals surface area contributed by atoms with Gasteiger partial charge in [0.2, 0.25) is 0 Å². The molecule has 0 saturated heterocycles. The third kappa shape index (κ3) is 9.35. The molecule has 18 heavy (non-hydrogen) atoms. The van der Waals surface area contributed by atoms with Crippen LogP contribution in [0.25, 0.3) is 0 Å². The van der Waals surface area contributed by atoms with Gasteiger partial charge < -0.3 is 25.9 Å². The molecule has 0 aromatic carbocycles. The summed E-state index contributed by atoms with van der Waals surface area (Å²) >= 11 is 0. The first-order chi connectivity index (χ1) is 8.39. The van der Waals surface area contributed by atoms with Crippen LogP contribution >= 0.6 is 0 Å². The summed E-state index contributed by atoms with van der Waals surface area (Å²) in [4.78, 5) is 10.9. The average molecular weight is 260 g/mol. The molecule has 0 aromatic heterocycles. The van der Waals surface area contributed by atoms with Gasteiger partial charge in [-0.2, -0.15) is 0 Å². The Kier molecular flexibility index (Phi) is 8.91. The minimum Gasteiger partial charge on any atom is -0.785 e. The Morgan fingerprint density at radius 1 is 1.22 bits per heavy atom. The number of unbranched alkanes of at least 4 members (excludes halogenated alkanes) is 4. The second-order valence-corrected chi connectivity index (χ2v) is 4.90. The Morgan fingerprint density at radius 3 is 2.33 bits per heavy atom. The van der Waals surface area contributed by atoms with Gasteiger partial charge in [0.1, 0.15) is 0 Å². The standard InChI is InChI=1S/C12H26N3O3/c1-3-4-5-6-7-9-15(18,11-12(13)16)10-8-14(2)17/h3-11H2,1-2H3,(H2,13,16)/q-1. The predicted molar refractivity (Wildman–Crippen MR) is 72.2 cm³/mol. The molecule has 1 unspecified atom stereocenters. The van der Waals surface area contributed by atoms with Gasteiger partial charge in [0.25, 0.3) is 5.91 Å². The number of carbonyl (C=O) groups excluding carboxylic acids is 1. The van der Waals surface area contributed by atoms with E-state index in [9.17, 15) is 15.2 Å². The minimum atomic E-state index is -0.673. The van der Waals surface area contributed by atoms with E-state index in [0.29, 0.717) is 11.6 Å². The molecule has 0 spiro atoms. The number of hydrogen-bond donors (Lipinski definition) is 1. The van der Waals surface area contributed by atoms with Crippen LogP contribution in [0.4, 0.5) is 0 Å². The van der Waals surface area contributed by atoms with Gasteiger partial charge in [0.15, 0.2) is 6.54 Å². The molecule has 6 nitrogen and oxygen atoms in total. The fourth-order valence-electron chi connectivity index (χ4n) is 1.88. The smallest absolute Gasteiger partial charge is 0.272 e. The Morgan fingerprint density at radius 2 is 1.83 bits per heavy atom. The lowest BCUT2D eigenvalue weighted by Crippen LogP contribution is -2.51. The second-order valence-electron chi connectivity index (χ2n) is 4.90. The summed E-state index contributed by atoms with van der Waals surface area (Å²) in [6.45, 7) is 2.51. The summed E-state index contributed by atoms with van der Waals surface area (Å²) in [6.07, 6.45) is 5.19. The van der Waals surface area contributed by atoms with Crippen molar-refractivity contribution in [2.75, 3.05) is 33.2 Å². The molecule has 0 aromatic rings. The zero-order valence-corrected chi connectivity index (χ0v) is 11.6. The average Bonchev–Trinajstić information content (AvgIpc) is 2.25. The van der Waals surface area contributed by atoms with E-state index in [1.165, 1.54) is 7.05 Å². The molecule has 1 amide bonds. The van der Waals surface area contributed by atoms with Crippen molar-refractivity contribution in [2.24, 2.45) is 5.73 Å². The van der Waals surface area contributed by atoms with Gasteiger partial charge >= 0.3 is 0 Å². The highest BCUT2D eigenvalue weighted by Crippen LogP contribution is 2.10. The van der Waals surface area contributed by atoms with Crippen molar-refractivity contribution in [1.82, 2.24) is 5.06 Å². The third-order valence-corrected chi connectivity index (χ3v) is 2.94. The molecule has 108 valence electrons. The molecule has 0 heterocycles. The van der Waals surface area contributed by atoms with Crippen LogP contribution in [0, 0.1) is 10.4 Å². The molecule has 0 rings (SSSR count). The van der Waals surface area contributed by atoms with E-state index in [1.54, 1.807) is 0 Å². The van der Waals surface area contributed by atoms with E-state index in [0.717, 1.165) is 32.1 Å². The van der Waals surface area contributed by atoms with Gasteiger partial charge in [-0.15, -0.1) is 0 Å². The lowest BCUT2D eigenvalue weighted by Gasteiger charge is -2.43. The Balaban J connectivity index is 4.07. The topological polar surface area (TPSA) is 92.4 Å². The molecule has 6 heteroatoms. The maximum absolute atomic E-state index is 12.3. The second kappa shape index (κ2) is 9.27. The van der Waals surface area contributed by atoms with Crippen LogP contribution in [0.1, 0.15) is 39.0 Å². The van der Waals surface area contributed by atoms with Crippen LogP contribution in [0.15, 0.2) is 0 Å². The van der Waals surface area contributed by atoms with Crippen LogP contribution in [0.5, 0.6) is 0 Å². The number of likely N-dealkylation sites (N-methyl/N-ethyl adjacent to an activating group) is 1. The van der Waals surface area contributed by atoms with E-state index < -0.39 is 10.6 Å². The fourth-order valence-corrected chi connectivity index (χ4v) is 1.88. The van der Waals surface area contributed by atoms with Crippen molar-refractivity contribution in [1.29, 1.82) is 0 Å². The van der Waals surface area contributed by atoms with Gasteiger partial charge in [-0.05, 0) is 19.9 Å². The normalized spacial score (nSPS) is 14.7. The number of amides is 1. The van der Waals surface area contributed by atoms with Crippen LogP contribution in [-0.2, 0) is 4.79 Å². The number of hydrogen-bond acceptors (Lipinski definition) is 4. The molecule has 0 saturated carbocycles. The van der Waals surface area contributed by atoms with Crippen LogP contribution in [-0.4, -0.2) is 48.8 Å². The summed E-state index contributed by atoms with van der Waals surface area (Å²) in [5, 5.41) is 23.9. The van der Waals surface area contributed by atoms with Crippen molar-refractivity contribution < 1.29 is 9.44 Å². The molecule has 0 aliphatic heterocycles. The summed E-state index contributed by atoms with van der Waals surface area (Å²) in [7, 11) is 1.37. The summed E-state index contributed by atoms with van der Waals surface area (Å²) < 4.78 is -0.673. The van der Waals surface area contributed by atoms with E-state index in [2.05, 4.69) is 6.92 Å². The lowest BCUT2D eigenvalue weighted by molar-refractivity contribution is -0.872. The van der Waals surface area contributed by atoms with Crippen molar-refractivity contribution in [3.8, 4) is 0 Å². The van der Waals surface area contributed by atoms with E-state index in [-0.39, 0.29) is 19.6 Å². The highest BCUT2D eigenvalue weighted by molar-refractivity contribution is 5.74. The molecule has 0 radical (unpaired) electrons. The maximum atomic E-state index is 12.3. The predicted octanol–water partition coefficient (Wildman–Crippen LogP) is 1.19. The number of hydroxylamine groups is 5. The van der Waals surface area contributed by atoms with E-state index >= 15 is 0 Å². The first-order valence-electron chi connectivity index (χ1n) is 6.63. The molecule has 0 aliphatic carbocycles. The Hall–Kier alpha value is -0.690. The van der Waals surface area contributed by atoms with Crippen molar-refractivity contribution in [3.05, 3.63) is 10.4 Å². The molecule has 2 N–H and O–H groups in total. The number of nitrogens with zero attached hydrogens (tertiary/aromatic N) is 2. The summed E-state index contributed by atoms with van der Waals surface area (Å²) in [6, 6.07) is 0. The fraction of sp³-hybridized carbons (Fsp3) is 0.917. The van der Waals surface area contributed by atoms with Gasteiger partial charge in [-0.25, -0.2) is 0 Å². The van der Waals surface area contributed by atoms with Crippen LogP contribution < -0.4 is 5.73 Å². The van der Waals surface area contributed by atoms with Crippen molar-refractivity contribution >= 4 is 5.91 Å². The highest BCUT2D eigenvalue weighted by Gasteiger charge is 2.18. The monoisotopic (exact) mass is 260 g/mol. The van der Waals surface area contributed by atoms with Crippen molar-refractivity contribution in [2.45, 2.75) is 39.0 Å². The van der Waals surface area contributed by atoms with E-state index in [4.69, 9.17) is 5.73 Å². The van der Waals surface area contributed by atoms with Gasteiger partial charge in [0.05, 0.1) is 13.1 Å². The minimum absolute atomic E-state index is 0.122. The van der Waals surface area contributed by atoms with Crippen molar-refractivity contribution in [3.63, 3.8) is 0 Å². The zero-order chi connectivity index (χ0) is 14.0. The molecular weight excluding hydrogens is 234 g/mol. The van der Waals surface area contributed by atoms with Gasteiger partial charge in [0, 0.05) is 6.54 Å². The van der Waals surface area contributed by atoms with Crippen LogP contribution in [0.3, 0.4) is 0 Å². The SMILES string of the molecule is CCCCCCC[N+]([O-])(CCN(C)[O-])CC(N)=O. The molecule has 0 fully saturated rings. The molecule has 0 aliphatic rings. The number of primary amides is 1. The Bertz CT molecular complexity index is 237. The molecule has 0 bridgehead atoms. The Labute approximate surface area is 109 Å². The maximum Gasteiger partial charge on any atom is 0.272 e.